The second kappa shape index (κ2) is 8.71. The van der Waals surface area contributed by atoms with Crippen molar-refractivity contribution in [1.29, 1.82) is 0 Å². The van der Waals surface area contributed by atoms with E-state index >= 15 is 0 Å². The van der Waals surface area contributed by atoms with Crippen LogP contribution in [0.5, 0.6) is 11.5 Å². The van der Waals surface area contributed by atoms with E-state index in [4.69, 9.17) is 9.47 Å². The van der Waals surface area contributed by atoms with Crippen LogP contribution in [0.3, 0.4) is 0 Å². The lowest BCUT2D eigenvalue weighted by molar-refractivity contribution is 0.0950. The number of ether oxygens (including phenoxy) is 2. The highest BCUT2D eigenvalue weighted by molar-refractivity contribution is 5.94. The Labute approximate surface area is 158 Å². The van der Waals surface area contributed by atoms with Gasteiger partial charge in [-0.1, -0.05) is 18.2 Å². The summed E-state index contributed by atoms with van der Waals surface area (Å²) < 4.78 is 10.4. The molecule has 1 aromatic heterocycles. The maximum absolute atomic E-state index is 12.5. The van der Waals surface area contributed by atoms with Gasteiger partial charge in [0.2, 0.25) is 0 Å². The first-order valence-corrected chi connectivity index (χ1v) is 8.47. The topological polar surface area (TPSA) is 72.5 Å². The van der Waals surface area contributed by atoms with Crippen molar-refractivity contribution in [3.8, 4) is 11.5 Å². The van der Waals surface area contributed by atoms with E-state index in [-0.39, 0.29) is 5.91 Å². The monoisotopic (exact) mass is 363 g/mol. The average Bonchev–Trinajstić information content (AvgIpc) is 2.73. The molecule has 0 aliphatic rings. The number of methoxy groups -OCH3 is 2. The third-order valence-electron chi connectivity index (χ3n) is 4.02. The van der Waals surface area contributed by atoms with E-state index in [1.54, 1.807) is 32.5 Å². The van der Waals surface area contributed by atoms with Gasteiger partial charge in [0.1, 0.15) is 17.3 Å². The molecule has 0 saturated heterocycles. The Bertz CT molecular complexity index is 911. The number of benzene rings is 2. The molecule has 3 rings (SSSR count). The average molecular weight is 363 g/mol. The summed E-state index contributed by atoms with van der Waals surface area (Å²) in [4.78, 5) is 16.7. The van der Waals surface area contributed by atoms with Crippen LogP contribution in [0.25, 0.3) is 0 Å². The van der Waals surface area contributed by atoms with Crippen molar-refractivity contribution in [2.24, 2.45) is 0 Å². The number of amides is 1. The van der Waals surface area contributed by atoms with Gasteiger partial charge in [0.05, 0.1) is 14.2 Å². The normalized spacial score (nSPS) is 10.1. The van der Waals surface area contributed by atoms with Gasteiger partial charge >= 0.3 is 0 Å². The summed E-state index contributed by atoms with van der Waals surface area (Å²) in [6.45, 7) is 0.381. The van der Waals surface area contributed by atoms with Crippen molar-refractivity contribution in [3.63, 3.8) is 0 Å². The SMILES string of the molecule is COc1ccc(Nc2cc(C(=O)NCc3ccccc3OC)ccn2)cc1. The third kappa shape index (κ3) is 4.76. The molecular formula is C21H21N3O3. The number of nitrogens with zero attached hydrogens (tertiary/aromatic N) is 1. The summed E-state index contributed by atoms with van der Waals surface area (Å²) in [6, 6.07) is 18.4. The zero-order valence-corrected chi connectivity index (χ0v) is 15.2. The molecule has 1 heterocycles. The predicted molar refractivity (Wildman–Crippen MR) is 105 cm³/mol. The van der Waals surface area contributed by atoms with Crippen LogP contribution >= 0.6 is 0 Å². The fraction of sp³-hybridized carbons (Fsp3) is 0.143. The van der Waals surface area contributed by atoms with Gasteiger partial charge in [-0.05, 0) is 42.5 Å². The van der Waals surface area contributed by atoms with Gasteiger partial charge in [0, 0.05) is 29.6 Å². The van der Waals surface area contributed by atoms with E-state index in [0.717, 1.165) is 22.7 Å². The Morgan fingerprint density at radius 3 is 2.52 bits per heavy atom. The fourth-order valence-corrected chi connectivity index (χ4v) is 2.59. The molecule has 6 heteroatoms. The first-order chi connectivity index (χ1) is 13.2. The highest BCUT2D eigenvalue weighted by atomic mass is 16.5. The molecule has 2 aromatic carbocycles. The van der Waals surface area contributed by atoms with Crippen molar-refractivity contribution >= 4 is 17.4 Å². The number of carbonyl (C=O) groups excluding carboxylic acids is 1. The zero-order chi connectivity index (χ0) is 19.1. The maximum atomic E-state index is 12.5. The highest BCUT2D eigenvalue weighted by Gasteiger charge is 2.09. The first kappa shape index (κ1) is 18.3. The van der Waals surface area contributed by atoms with Crippen LogP contribution in [-0.4, -0.2) is 25.1 Å². The van der Waals surface area contributed by atoms with Crippen LogP contribution in [0.1, 0.15) is 15.9 Å². The number of aromatic nitrogens is 1. The lowest BCUT2D eigenvalue weighted by atomic mass is 10.2. The molecule has 0 aliphatic heterocycles. The molecule has 3 aromatic rings. The van der Waals surface area contributed by atoms with Crippen LogP contribution in [0.15, 0.2) is 66.9 Å². The van der Waals surface area contributed by atoms with E-state index in [0.29, 0.717) is 17.9 Å². The Morgan fingerprint density at radius 1 is 1.00 bits per heavy atom. The number of hydrogen-bond donors (Lipinski definition) is 2. The van der Waals surface area contributed by atoms with Crippen LogP contribution < -0.4 is 20.1 Å². The summed E-state index contributed by atoms with van der Waals surface area (Å²) in [6.07, 6.45) is 1.60. The van der Waals surface area contributed by atoms with E-state index in [9.17, 15) is 4.79 Å². The summed E-state index contributed by atoms with van der Waals surface area (Å²) in [7, 11) is 3.23. The summed E-state index contributed by atoms with van der Waals surface area (Å²) in [5.41, 5.74) is 2.30. The molecule has 6 nitrogen and oxygen atoms in total. The second-order valence-electron chi connectivity index (χ2n) is 5.78. The Hall–Kier alpha value is -3.54. The standard InChI is InChI=1S/C21H21N3O3/c1-26-18-9-7-17(8-10-18)24-20-13-15(11-12-22-20)21(25)23-14-16-5-3-4-6-19(16)27-2/h3-13H,14H2,1-2H3,(H,22,24)(H,23,25). The smallest absolute Gasteiger partial charge is 0.251 e. The summed E-state index contributed by atoms with van der Waals surface area (Å²) in [5, 5.41) is 6.08. The molecule has 0 bridgehead atoms. The molecule has 0 fully saturated rings. The number of anilines is 2. The fourth-order valence-electron chi connectivity index (χ4n) is 2.59. The first-order valence-electron chi connectivity index (χ1n) is 8.47. The molecule has 0 unspecified atom stereocenters. The number of nitrogens with one attached hydrogen (secondary N) is 2. The van der Waals surface area contributed by atoms with Gasteiger partial charge < -0.3 is 20.1 Å². The minimum Gasteiger partial charge on any atom is -0.497 e. The Morgan fingerprint density at radius 2 is 1.78 bits per heavy atom. The van der Waals surface area contributed by atoms with E-state index in [1.807, 2.05) is 48.5 Å². The van der Waals surface area contributed by atoms with Crippen molar-refractivity contribution in [2.75, 3.05) is 19.5 Å². The number of rotatable bonds is 7. The maximum Gasteiger partial charge on any atom is 0.251 e. The van der Waals surface area contributed by atoms with Gasteiger partial charge in [-0.2, -0.15) is 0 Å². The van der Waals surface area contributed by atoms with Crippen LogP contribution in [0.4, 0.5) is 11.5 Å². The zero-order valence-electron chi connectivity index (χ0n) is 15.2. The van der Waals surface area contributed by atoms with Crippen LogP contribution in [0.2, 0.25) is 0 Å². The highest BCUT2D eigenvalue weighted by Crippen LogP contribution is 2.20. The molecule has 1 amide bonds. The van der Waals surface area contributed by atoms with E-state index in [1.165, 1.54) is 0 Å². The van der Waals surface area contributed by atoms with E-state index < -0.39 is 0 Å². The Kier molecular flexibility index (Phi) is 5.89. The van der Waals surface area contributed by atoms with Crippen LogP contribution in [0, 0.1) is 0 Å². The predicted octanol–water partition coefficient (Wildman–Crippen LogP) is 3.77. The second-order valence-corrected chi connectivity index (χ2v) is 5.78. The molecule has 27 heavy (non-hydrogen) atoms. The van der Waals surface area contributed by atoms with Gasteiger partial charge in [0.15, 0.2) is 0 Å². The molecule has 138 valence electrons. The number of carbonyl (C=O) groups is 1. The van der Waals surface area contributed by atoms with Crippen molar-refractivity contribution in [3.05, 3.63) is 78.0 Å². The lowest BCUT2D eigenvalue weighted by Gasteiger charge is -2.11. The minimum absolute atomic E-state index is 0.180. The molecule has 0 aliphatic carbocycles. The molecule has 2 N–H and O–H groups in total. The van der Waals surface area contributed by atoms with Crippen molar-refractivity contribution in [2.45, 2.75) is 6.54 Å². The molecule has 0 saturated carbocycles. The molecule has 0 atom stereocenters. The summed E-state index contributed by atoms with van der Waals surface area (Å²) in [5.74, 6) is 1.93. The molecule has 0 radical (unpaired) electrons. The largest absolute Gasteiger partial charge is 0.497 e. The van der Waals surface area contributed by atoms with Gasteiger partial charge in [-0.3, -0.25) is 4.79 Å². The third-order valence-corrected chi connectivity index (χ3v) is 4.02. The van der Waals surface area contributed by atoms with Crippen LogP contribution in [-0.2, 0) is 6.54 Å². The minimum atomic E-state index is -0.180. The van der Waals surface area contributed by atoms with E-state index in [2.05, 4.69) is 15.6 Å². The van der Waals surface area contributed by atoms with Gasteiger partial charge in [0.25, 0.3) is 5.91 Å². The van der Waals surface area contributed by atoms with Crippen molar-refractivity contribution < 1.29 is 14.3 Å². The lowest BCUT2D eigenvalue weighted by Crippen LogP contribution is -2.23. The Balaban J connectivity index is 1.66. The number of pyridine rings is 1. The van der Waals surface area contributed by atoms with Crippen molar-refractivity contribution in [1.82, 2.24) is 10.3 Å². The molecule has 0 spiro atoms. The quantitative estimate of drug-likeness (QED) is 0.668. The number of hydrogen-bond acceptors (Lipinski definition) is 5. The number of para-hydroxylation sites is 1. The molecular weight excluding hydrogens is 342 g/mol. The van der Waals surface area contributed by atoms with Gasteiger partial charge in [-0.25, -0.2) is 4.98 Å². The van der Waals surface area contributed by atoms with Gasteiger partial charge in [-0.15, -0.1) is 0 Å². The summed E-state index contributed by atoms with van der Waals surface area (Å²) >= 11 is 0.